The molecule has 148 valence electrons. The van der Waals surface area contributed by atoms with E-state index in [1.165, 1.54) is 18.2 Å². The number of nitrogens with one attached hydrogen (secondary N) is 2. The fraction of sp³-hybridized carbons (Fsp3) is 0.143. The number of nitrogens with zero attached hydrogens (tertiary/aromatic N) is 1. The van der Waals surface area contributed by atoms with Gasteiger partial charge < -0.3 is 10.6 Å². The van der Waals surface area contributed by atoms with Crippen molar-refractivity contribution in [3.8, 4) is 0 Å². The second-order valence-corrected chi connectivity index (χ2v) is 7.47. The maximum absolute atomic E-state index is 12.4. The Bertz CT molecular complexity index is 1030. The molecule has 0 bridgehead atoms. The van der Waals surface area contributed by atoms with Crippen LogP contribution in [-0.4, -0.2) is 16.7 Å². The molecule has 2 N–H and O–H groups in total. The molecule has 1 aromatic heterocycles. The van der Waals surface area contributed by atoms with Crippen molar-refractivity contribution in [3.63, 3.8) is 0 Å². The molecule has 0 spiro atoms. The lowest BCUT2D eigenvalue weighted by Gasteiger charge is -2.08. The molecule has 2 amide bonds. The molecule has 0 aliphatic carbocycles. The van der Waals surface area contributed by atoms with Crippen molar-refractivity contribution in [2.75, 3.05) is 5.32 Å². The van der Waals surface area contributed by atoms with Gasteiger partial charge in [-0.05, 0) is 48.2 Å². The van der Waals surface area contributed by atoms with E-state index in [2.05, 4.69) is 10.6 Å². The van der Waals surface area contributed by atoms with Crippen molar-refractivity contribution < 1.29 is 14.5 Å². The van der Waals surface area contributed by atoms with Gasteiger partial charge in [0.2, 0.25) is 5.91 Å². The third-order valence-corrected chi connectivity index (χ3v) is 5.15. The summed E-state index contributed by atoms with van der Waals surface area (Å²) in [6, 6.07) is 15.1. The van der Waals surface area contributed by atoms with Gasteiger partial charge in [-0.1, -0.05) is 18.2 Å². The monoisotopic (exact) mass is 409 g/mol. The van der Waals surface area contributed by atoms with Gasteiger partial charge in [0.25, 0.3) is 11.6 Å². The molecule has 29 heavy (non-hydrogen) atoms. The summed E-state index contributed by atoms with van der Waals surface area (Å²) in [5.41, 5.74) is 2.14. The quantitative estimate of drug-likeness (QED) is 0.453. The number of nitro benzene ring substituents is 1. The fourth-order valence-electron chi connectivity index (χ4n) is 2.76. The lowest BCUT2D eigenvalue weighted by Crippen LogP contribution is -2.24. The maximum Gasteiger partial charge on any atom is 0.272 e. The van der Waals surface area contributed by atoms with Crippen LogP contribution in [0.3, 0.4) is 0 Å². The van der Waals surface area contributed by atoms with Crippen molar-refractivity contribution in [2.24, 2.45) is 0 Å². The Labute approximate surface area is 171 Å². The first-order chi connectivity index (χ1) is 13.9. The summed E-state index contributed by atoms with van der Waals surface area (Å²) in [6.45, 7) is 2.10. The van der Waals surface area contributed by atoms with Crippen molar-refractivity contribution in [1.29, 1.82) is 0 Å². The summed E-state index contributed by atoms with van der Waals surface area (Å²) in [5, 5.41) is 18.5. The third kappa shape index (κ3) is 5.49. The molecular weight excluding hydrogens is 390 g/mol. The predicted molar refractivity (Wildman–Crippen MR) is 112 cm³/mol. The number of carbonyl (C=O) groups excluding carboxylic acids is 2. The average molecular weight is 409 g/mol. The highest BCUT2D eigenvalue weighted by Crippen LogP contribution is 2.20. The normalized spacial score (nSPS) is 10.4. The van der Waals surface area contributed by atoms with Crippen LogP contribution in [0.5, 0.6) is 0 Å². The van der Waals surface area contributed by atoms with E-state index in [-0.39, 0.29) is 23.9 Å². The molecule has 0 aliphatic rings. The third-order valence-electron chi connectivity index (χ3n) is 4.27. The Kier molecular flexibility index (Phi) is 6.36. The number of hydrogen-bond donors (Lipinski definition) is 2. The van der Waals surface area contributed by atoms with Crippen LogP contribution in [0, 0.1) is 17.0 Å². The van der Waals surface area contributed by atoms with E-state index in [0.29, 0.717) is 23.4 Å². The molecule has 0 fully saturated rings. The Hall–Kier alpha value is -3.52. The SMILES string of the molecule is Cc1cc(C(=O)Nc2ccc(CC(=O)NCc3cccs3)cc2)ccc1[N+](=O)[O-]. The highest BCUT2D eigenvalue weighted by molar-refractivity contribution is 7.09. The van der Waals surface area contributed by atoms with Gasteiger partial charge >= 0.3 is 0 Å². The van der Waals surface area contributed by atoms with Crippen LogP contribution in [-0.2, 0) is 17.8 Å². The molecule has 1 heterocycles. The molecule has 0 radical (unpaired) electrons. The van der Waals surface area contributed by atoms with E-state index < -0.39 is 4.92 Å². The van der Waals surface area contributed by atoms with E-state index in [1.807, 2.05) is 17.5 Å². The molecule has 7 nitrogen and oxygen atoms in total. The zero-order valence-electron chi connectivity index (χ0n) is 15.7. The van der Waals surface area contributed by atoms with Crippen LogP contribution in [0.1, 0.15) is 26.4 Å². The number of nitro groups is 1. The highest BCUT2D eigenvalue weighted by atomic mass is 32.1. The first-order valence-electron chi connectivity index (χ1n) is 8.87. The van der Waals surface area contributed by atoms with E-state index in [9.17, 15) is 19.7 Å². The van der Waals surface area contributed by atoms with Crippen molar-refractivity contribution in [1.82, 2.24) is 5.32 Å². The van der Waals surface area contributed by atoms with Crippen LogP contribution in [0.25, 0.3) is 0 Å². The molecular formula is C21H19N3O4S. The molecule has 3 rings (SSSR count). The zero-order chi connectivity index (χ0) is 20.8. The maximum atomic E-state index is 12.4. The summed E-state index contributed by atoms with van der Waals surface area (Å²) in [4.78, 5) is 35.9. The summed E-state index contributed by atoms with van der Waals surface area (Å²) in [5.74, 6) is -0.430. The number of amides is 2. The van der Waals surface area contributed by atoms with E-state index in [0.717, 1.165) is 10.4 Å². The Morgan fingerprint density at radius 2 is 1.86 bits per heavy atom. The minimum Gasteiger partial charge on any atom is -0.351 e. The van der Waals surface area contributed by atoms with Crippen LogP contribution < -0.4 is 10.6 Å². The highest BCUT2D eigenvalue weighted by Gasteiger charge is 2.14. The van der Waals surface area contributed by atoms with E-state index in [1.54, 1.807) is 42.5 Å². The molecule has 0 unspecified atom stereocenters. The van der Waals surface area contributed by atoms with Crippen LogP contribution in [0.4, 0.5) is 11.4 Å². The number of benzene rings is 2. The number of rotatable bonds is 7. The smallest absolute Gasteiger partial charge is 0.272 e. The molecule has 8 heteroatoms. The predicted octanol–water partition coefficient (Wildman–Crippen LogP) is 4.08. The molecule has 0 saturated carbocycles. The first-order valence-corrected chi connectivity index (χ1v) is 9.75. The Balaban J connectivity index is 1.55. The second-order valence-electron chi connectivity index (χ2n) is 6.44. The summed E-state index contributed by atoms with van der Waals surface area (Å²) in [6.07, 6.45) is 0.251. The van der Waals surface area contributed by atoms with Gasteiger partial charge in [0, 0.05) is 27.8 Å². The summed E-state index contributed by atoms with van der Waals surface area (Å²) in [7, 11) is 0. The first kappa shape index (κ1) is 20.2. The number of aryl methyl sites for hydroxylation is 1. The number of hydrogen-bond acceptors (Lipinski definition) is 5. The lowest BCUT2D eigenvalue weighted by atomic mass is 10.1. The molecule has 0 aliphatic heterocycles. The van der Waals surface area contributed by atoms with Gasteiger partial charge in [-0.3, -0.25) is 19.7 Å². The van der Waals surface area contributed by atoms with E-state index in [4.69, 9.17) is 0 Å². The van der Waals surface area contributed by atoms with Gasteiger partial charge in [-0.2, -0.15) is 0 Å². The minimum absolute atomic E-state index is 0.0248. The number of carbonyl (C=O) groups is 2. The standard InChI is InChI=1S/C21H19N3O4S/c1-14-11-16(6-9-19(14)24(27)28)21(26)23-17-7-4-15(5-8-17)12-20(25)22-13-18-3-2-10-29-18/h2-11H,12-13H2,1H3,(H,22,25)(H,23,26). The molecule has 2 aromatic carbocycles. The van der Waals surface area contributed by atoms with Crippen LogP contribution in [0.2, 0.25) is 0 Å². The van der Waals surface area contributed by atoms with E-state index >= 15 is 0 Å². The number of anilines is 1. The Morgan fingerprint density at radius 3 is 2.48 bits per heavy atom. The summed E-state index contributed by atoms with van der Waals surface area (Å²) < 4.78 is 0. The largest absolute Gasteiger partial charge is 0.351 e. The molecule has 0 saturated heterocycles. The van der Waals surface area contributed by atoms with Crippen molar-refractivity contribution >= 4 is 34.5 Å². The second kappa shape index (κ2) is 9.11. The molecule has 3 aromatic rings. The van der Waals surface area contributed by atoms with Crippen molar-refractivity contribution in [2.45, 2.75) is 19.9 Å². The molecule has 0 atom stereocenters. The van der Waals surface area contributed by atoms with Crippen molar-refractivity contribution in [3.05, 3.63) is 91.7 Å². The Morgan fingerprint density at radius 1 is 1.10 bits per heavy atom. The van der Waals surface area contributed by atoms with Gasteiger partial charge in [0.05, 0.1) is 17.9 Å². The topological polar surface area (TPSA) is 101 Å². The number of thiophene rings is 1. The fourth-order valence-corrected chi connectivity index (χ4v) is 3.40. The lowest BCUT2D eigenvalue weighted by molar-refractivity contribution is -0.385. The zero-order valence-corrected chi connectivity index (χ0v) is 16.5. The van der Waals surface area contributed by atoms with Crippen LogP contribution in [0.15, 0.2) is 60.0 Å². The minimum atomic E-state index is -0.480. The van der Waals surface area contributed by atoms with Gasteiger partial charge in [0.15, 0.2) is 0 Å². The average Bonchev–Trinajstić information content (AvgIpc) is 3.21. The van der Waals surface area contributed by atoms with Crippen LogP contribution >= 0.6 is 11.3 Å². The summed E-state index contributed by atoms with van der Waals surface area (Å²) >= 11 is 1.59. The van der Waals surface area contributed by atoms with Gasteiger partial charge in [-0.15, -0.1) is 11.3 Å². The van der Waals surface area contributed by atoms with Gasteiger partial charge in [0.1, 0.15) is 0 Å². The van der Waals surface area contributed by atoms with Gasteiger partial charge in [-0.25, -0.2) is 0 Å².